The third-order valence-electron chi connectivity index (χ3n) is 3.08. The van der Waals surface area contributed by atoms with Crippen molar-refractivity contribution in [1.82, 2.24) is 9.97 Å². The maximum Gasteiger partial charge on any atom is 0.311 e. The van der Waals surface area contributed by atoms with Gasteiger partial charge in [0, 0.05) is 12.5 Å². The molecule has 1 aromatic heterocycles. The molecule has 0 aromatic carbocycles. The molecule has 1 aromatic rings. The minimum absolute atomic E-state index is 0.0490. The lowest BCUT2D eigenvalue weighted by molar-refractivity contribution is -0.139. The van der Waals surface area contributed by atoms with Gasteiger partial charge in [0.25, 0.3) is 5.56 Å². The maximum absolute atomic E-state index is 11.8. The highest BCUT2D eigenvalue weighted by atomic mass is 32.2. The van der Waals surface area contributed by atoms with E-state index in [9.17, 15) is 14.4 Å². The van der Waals surface area contributed by atoms with Crippen molar-refractivity contribution in [3.63, 3.8) is 0 Å². The Bertz CT molecular complexity index is 570. The summed E-state index contributed by atoms with van der Waals surface area (Å²) in [5.74, 6) is -0.255. The Balaban J connectivity index is 2.13. The van der Waals surface area contributed by atoms with Gasteiger partial charge in [0.2, 0.25) is 0 Å². The highest BCUT2D eigenvalue weighted by Crippen LogP contribution is 2.29. The number of nitrogens with one attached hydrogen (secondary N) is 1. The summed E-state index contributed by atoms with van der Waals surface area (Å²) in [4.78, 5) is 41.3. The molecule has 0 spiro atoms. The summed E-state index contributed by atoms with van der Waals surface area (Å²) in [5, 5.41) is 0.233. The Kier molecular flexibility index (Phi) is 4.94. The highest BCUT2D eigenvalue weighted by Gasteiger charge is 2.24. The number of thioether (sulfide) groups is 1. The quantitative estimate of drug-likeness (QED) is 0.661. The van der Waals surface area contributed by atoms with Crippen LogP contribution in [0.1, 0.15) is 31.4 Å². The van der Waals surface area contributed by atoms with Crippen LogP contribution in [0.25, 0.3) is 0 Å². The van der Waals surface area contributed by atoms with Gasteiger partial charge in [-0.1, -0.05) is 18.2 Å². The van der Waals surface area contributed by atoms with E-state index in [-0.39, 0.29) is 23.0 Å². The number of Topliss-reactive ketones (excluding diaryl/α,β-unsaturated/α-hetero) is 1. The average molecular weight is 296 g/mol. The molecule has 1 saturated carbocycles. The molecular weight excluding hydrogens is 280 g/mol. The van der Waals surface area contributed by atoms with Crippen LogP contribution in [0.5, 0.6) is 0 Å². The molecule has 0 unspecified atom stereocenters. The van der Waals surface area contributed by atoms with Crippen LogP contribution in [0.2, 0.25) is 0 Å². The Morgan fingerprint density at radius 2 is 2.30 bits per heavy atom. The second-order valence-corrected chi connectivity index (χ2v) is 5.80. The fraction of sp³-hybridized carbons (Fsp3) is 0.538. The van der Waals surface area contributed by atoms with Crippen molar-refractivity contribution in [2.24, 2.45) is 0 Å². The van der Waals surface area contributed by atoms with Gasteiger partial charge < -0.3 is 9.72 Å². The number of carbonyl (C=O) groups excluding carboxylic acids is 2. The molecule has 0 radical (unpaired) electrons. The van der Waals surface area contributed by atoms with Gasteiger partial charge in [0.1, 0.15) is 5.78 Å². The first kappa shape index (κ1) is 14.8. The topological polar surface area (TPSA) is 89.1 Å². The zero-order chi connectivity index (χ0) is 14.5. The molecular formula is C13H16N2O4S. The van der Waals surface area contributed by atoms with Crippen LogP contribution in [0.4, 0.5) is 0 Å². The molecule has 1 heterocycles. The van der Waals surface area contributed by atoms with Gasteiger partial charge in [-0.05, 0) is 12.8 Å². The average Bonchev–Trinajstić information content (AvgIpc) is 2.40. The van der Waals surface area contributed by atoms with E-state index in [2.05, 4.69) is 14.7 Å². The number of hydrogen-bond donors (Lipinski definition) is 1. The molecule has 0 aliphatic heterocycles. The molecule has 1 atom stereocenters. The standard InChI is InChI=1S/C13H16N2O4S/c1-19-12(18)7-8-6-11(17)15-13(14-8)20-10-5-3-2-4-9(10)16/h6,10H,2-5,7H2,1H3,(H,14,15,17)/t10-/m1/s1. The van der Waals surface area contributed by atoms with Crippen molar-refractivity contribution >= 4 is 23.5 Å². The Morgan fingerprint density at radius 1 is 1.50 bits per heavy atom. The fourth-order valence-electron chi connectivity index (χ4n) is 2.06. The summed E-state index contributed by atoms with van der Waals surface area (Å²) in [7, 11) is 1.28. The highest BCUT2D eigenvalue weighted by molar-refractivity contribution is 8.00. The lowest BCUT2D eigenvalue weighted by atomic mass is 9.99. The molecule has 0 amide bonds. The number of hydrogen-bond acceptors (Lipinski definition) is 6. The number of aromatic amines is 1. The number of rotatable bonds is 4. The minimum atomic E-state index is -0.451. The fourth-order valence-corrected chi connectivity index (χ4v) is 3.19. The lowest BCUT2D eigenvalue weighted by Gasteiger charge is -2.19. The van der Waals surface area contributed by atoms with Gasteiger partial charge >= 0.3 is 5.97 Å². The zero-order valence-electron chi connectivity index (χ0n) is 11.2. The number of ketones is 1. The van der Waals surface area contributed by atoms with Crippen LogP contribution in [0, 0.1) is 0 Å². The molecule has 1 N–H and O–H groups in total. The molecule has 1 aliphatic rings. The van der Waals surface area contributed by atoms with Crippen molar-refractivity contribution in [3.05, 3.63) is 22.1 Å². The van der Waals surface area contributed by atoms with Crippen LogP contribution >= 0.6 is 11.8 Å². The second kappa shape index (κ2) is 6.69. The maximum atomic E-state index is 11.8. The number of ether oxygens (including phenoxy) is 1. The van der Waals surface area contributed by atoms with Gasteiger partial charge in [-0.2, -0.15) is 0 Å². The van der Waals surface area contributed by atoms with Crippen molar-refractivity contribution < 1.29 is 14.3 Å². The number of nitrogens with zero attached hydrogens (tertiary/aromatic N) is 1. The number of H-pyrrole nitrogens is 1. The Labute approximate surface area is 120 Å². The molecule has 1 fully saturated rings. The first-order chi connectivity index (χ1) is 9.58. The third kappa shape index (κ3) is 3.93. The van der Waals surface area contributed by atoms with Gasteiger partial charge in [-0.3, -0.25) is 14.4 Å². The third-order valence-corrected chi connectivity index (χ3v) is 4.28. The SMILES string of the molecule is COC(=O)Cc1cc(=O)[nH]c(S[C@@H]2CCCCC2=O)n1. The van der Waals surface area contributed by atoms with E-state index in [1.54, 1.807) is 0 Å². The molecule has 20 heavy (non-hydrogen) atoms. The smallest absolute Gasteiger partial charge is 0.311 e. The van der Waals surface area contributed by atoms with Gasteiger partial charge in [-0.25, -0.2) is 4.98 Å². The van der Waals surface area contributed by atoms with E-state index in [4.69, 9.17) is 0 Å². The Hall–Kier alpha value is -1.63. The molecule has 6 nitrogen and oxygen atoms in total. The van der Waals surface area contributed by atoms with Crippen molar-refractivity contribution in [3.8, 4) is 0 Å². The van der Waals surface area contributed by atoms with Crippen molar-refractivity contribution in [1.29, 1.82) is 0 Å². The summed E-state index contributed by atoms with van der Waals surface area (Å²) in [6.45, 7) is 0. The largest absolute Gasteiger partial charge is 0.469 e. The monoisotopic (exact) mass is 296 g/mol. The minimum Gasteiger partial charge on any atom is -0.469 e. The summed E-state index contributed by atoms with van der Waals surface area (Å²) in [6, 6.07) is 1.27. The first-order valence-corrected chi connectivity index (χ1v) is 7.33. The summed E-state index contributed by atoms with van der Waals surface area (Å²) < 4.78 is 4.55. The van der Waals surface area contributed by atoms with Crippen LogP contribution in [0.15, 0.2) is 16.0 Å². The Morgan fingerprint density at radius 3 is 3.00 bits per heavy atom. The lowest BCUT2D eigenvalue weighted by Crippen LogP contribution is -2.22. The van der Waals surface area contributed by atoms with E-state index in [0.717, 1.165) is 19.3 Å². The number of aromatic nitrogens is 2. The zero-order valence-corrected chi connectivity index (χ0v) is 12.0. The summed E-state index contributed by atoms with van der Waals surface area (Å²) in [6.07, 6.45) is 3.28. The molecule has 108 valence electrons. The van der Waals surface area contributed by atoms with Crippen molar-refractivity contribution in [2.45, 2.75) is 42.5 Å². The number of methoxy groups -OCH3 is 1. The van der Waals surface area contributed by atoms with Crippen LogP contribution in [0.3, 0.4) is 0 Å². The molecule has 1 aliphatic carbocycles. The van der Waals surface area contributed by atoms with Crippen LogP contribution in [-0.2, 0) is 20.7 Å². The molecule has 0 bridgehead atoms. The normalized spacial score (nSPS) is 18.9. The molecule has 7 heteroatoms. The number of esters is 1. The van der Waals surface area contributed by atoms with E-state index in [0.29, 0.717) is 17.3 Å². The van der Waals surface area contributed by atoms with Gasteiger partial charge in [-0.15, -0.1) is 0 Å². The predicted molar refractivity (Wildman–Crippen MR) is 73.7 cm³/mol. The van der Waals surface area contributed by atoms with E-state index >= 15 is 0 Å². The van der Waals surface area contributed by atoms with Gasteiger partial charge in [0.05, 0.1) is 24.5 Å². The molecule has 0 saturated heterocycles. The van der Waals surface area contributed by atoms with E-state index in [1.807, 2.05) is 0 Å². The number of carbonyl (C=O) groups is 2. The predicted octanol–water partition coefficient (Wildman–Crippen LogP) is 1.09. The molecule has 2 rings (SSSR count). The second-order valence-electron chi connectivity index (χ2n) is 4.61. The van der Waals surface area contributed by atoms with Crippen molar-refractivity contribution in [2.75, 3.05) is 7.11 Å². The summed E-state index contributed by atoms with van der Waals surface area (Å²) in [5.41, 5.74) is 0.0241. The van der Waals surface area contributed by atoms with E-state index < -0.39 is 5.97 Å². The van der Waals surface area contributed by atoms with E-state index in [1.165, 1.54) is 24.9 Å². The van der Waals surface area contributed by atoms with Crippen LogP contribution < -0.4 is 5.56 Å². The first-order valence-electron chi connectivity index (χ1n) is 6.45. The van der Waals surface area contributed by atoms with Crippen LogP contribution in [-0.4, -0.2) is 34.1 Å². The summed E-state index contributed by atoms with van der Waals surface area (Å²) >= 11 is 1.27. The van der Waals surface area contributed by atoms with Gasteiger partial charge in [0.15, 0.2) is 5.16 Å².